The molecule has 22 heavy (non-hydrogen) atoms. The topological polar surface area (TPSA) is 81.8 Å². The third-order valence-corrected chi connectivity index (χ3v) is 4.25. The van der Waals surface area contributed by atoms with Gasteiger partial charge in [0, 0.05) is 16.1 Å². The van der Waals surface area contributed by atoms with E-state index in [0.717, 1.165) is 17.3 Å². The van der Waals surface area contributed by atoms with Crippen LogP contribution in [-0.4, -0.2) is 29.4 Å². The number of rotatable bonds is 5. The molecule has 0 radical (unpaired) electrons. The maximum absolute atomic E-state index is 10.9. The van der Waals surface area contributed by atoms with Gasteiger partial charge in [0.25, 0.3) is 0 Å². The van der Waals surface area contributed by atoms with Gasteiger partial charge in [-0.3, -0.25) is 0 Å². The summed E-state index contributed by atoms with van der Waals surface area (Å²) >= 11 is 3.44. The van der Waals surface area contributed by atoms with Crippen LogP contribution in [0.15, 0.2) is 27.2 Å². The second-order valence-corrected chi connectivity index (χ2v) is 5.89. The van der Waals surface area contributed by atoms with E-state index in [9.17, 15) is 4.79 Å². The minimum Gasteiger partial charge on any atom is -0.493 e. The number of aromatic carboxylic acids is 1. The molecule has 1 N–H and O–H groups in total. The smallest absolute Gasteiger partial charge is 0.374 e. The number of methoxy groups -OCH3 is 1. The largest absolute Gasteiger partial charge is 0.493 e. The highest BCUT2D eigenvalue weighted by molar-refractivity contribution is 9.10. The van der Waals surface area contributed by atoms with Gasteiger partial charge in [-0.2, -0.15) is 0 Å². The Bertz CT molecular complexity index is 708. The third kappa shape index (κ3) is 2.81. The van der Waals surface area contributed by atoms with E-state index in [1.165, 1.54) is 12.5 Å². The fourth-order valence-electron chi connectivity index (χ4n) is 2.15. The van der Waals surface area contributed by atoms with Crippen LogP contribution in [-0.2, 0) is 0 Å². The number of halogens is 1. The van der Waals surface area contributed by atoms with Crippen LogP contribution in [0.2, 0.25) is 0 Å². The first-order chi connectivity index (χ1) is 10.6. The standard InChI is InChI=1S/C15H14BrNO5/c1-20-12-6-10(16)9(5-13(12)21-8-3-2-4-8)11-7-14(15(18)19)22-17-11/h5-8H,2-4H2,1H3,(H,18,19). The van der Waals surface area contributed by atoms with E-state index in [0.29, 0.717) is 22.8 Å². The predicted octanol–water partition coefficient (Wildman–Crippen LogP) is 3.74. The lowest BCUT2D eigenvalue weighted by Gasteiger charge is -2.27. The van der Waals surface area contributed by atoms with Crippen molar-refractivity contribution in [3.63, 3.8) is 0 Å². The van der Waals surface area contributed by atoms with E-state index < -0.39 is 5.97 Å². The molecule has 2 aromatic rings. The summed E-state index contributed by atoms with van der Waals surface area (Å²) in [6, 6.07) is 4.94. The van der Waals surface area contributed by atoms with Crippen molar-refractivity contribution in [2.45, 2.75) is 25.4 Å². The first-order valence-corrected chi connectivity index (χ1v) is 7.62. The molecule has 1 aromatic carbocycles. The monoisotopic (exact) mass is 367 g/mol. The molecule has 1 saturated carbocycles. The van der Waals surface area contributed by atoms with E-state index in [-0.39, 0.29) is 11.9 Å². The summed E-state index contributed by atoms with van der Waals surface area (Å²) in [5, 5.41) is 12.7. The van der Waals surface area contributed by atoms with Crippen LogP contribution in [0, 0.1) is 0 Å². The molecule has 116 valence electrons. The molecular formula is C15H14BrNO5. The number of hydrogen-bond donors (Lipinski definition) is 1. The average Bonchev–Trinajstić information content (AvgIpc) is 2.93. The fraction of sp³-hybridized carbons (Fsp3) is 0.333. The number of ether oxygens (including phenoxy) is 2. The Morgan fingerprint density at radius 2 is 2.14 bits per heavy atom. The molecule has 3 rings (SSSR count). The van der Waals surface area contributed by atoms with Crippen molar-refractivity contribution in [3.8, 4) is 22.8 Å². The van der Waals surface area contributed by atoms with Crippen LogP contribution in [0.4, 0.5) is 0 Å². The van der Waals surface area contributed by atoms with Gasteiger partial charge in [0.05, 0.1) is 13.2 Å². The average molecular weight is 368 g/mol. The number of carbonyl (C=O) groups is 1. The quantitative estimate of drug-likeness (QED) is 0.866. The Labute approximate surface area is 135 Å². The molecule has 1 heterocycles. The molecule has 0 saturated heterocycles. The Morgan fingerprint density at radius 3 is 2.68 bits per heavy atom. The molecule has 1 aliphatic carbocycles. The van der Waals surface area contributed by atoms with Crippen LogP contribution >= 0.6 is 15.9 Å². The summed E-state index contributed by atoms with van der Waals surface area (Å²) in [7, 11) is 1.58. The number of nitrogens with zero attached hydrogens (tertiary/aromatic N) is 1. The second kappa shape index (κ2) is 6.00. The highest BCUT2D eigenvalue weighted by Crippen LogP contribution is 2.40. The normalized spacial score (nSPS) is 14.5. The minimum atomic E-state index is -1.16. The highest BCUT2D eigenvalue weighted by atomic mass is 79.9. The maximum atomic E-state index is 10.9. The van der Waals surface area contributed by atoms with E-state index in [4.69, 9.17) is 19.1 Å². The minimum absolute atomic E-state index is 0.204. The van der Waals surface area contributed by atoms with Crippen LogP contribution in [0.1, 0.15) is 29.8 Å². The summed E-state index contributed by atoms with van der Waals surface area (Å²) in [4.78, 5) is 10.9. The molecule has 0 bridgehead atoms. The van der Waals surface area contributed by atoms with E-state index >= 15 is 0 Å². The third-order valence-electron chi connectivity index (χ3n) is 3.60. The van der Waals surface area contributed by atoms with E-state index in [1.54, 1.807) is 19.2 Å². The lowest BCUT2D eigenvalue weighted by molar-refractivity contribution is 0.0652. The van der Waals surface area contributed by atoms with E-state index in [2.05, 4.69) is 21.1 Å². The molecular weight excluding hydrogens is 354 g/mol. The number of carboxylic acids is 1. The van der Waals surface area contributed by atoms with Crippen LogP contribution in [0.25, 0.3) is 11.3 Å². The van der Waals surface area contributed by atoms with Gasteiger partial charge < -0.3 is 19.1 Å². The molecule has 1 fully saturated rings. The first-order valence-electron chi connectivity index (χ1n) is 6.83. The van der Waals surface area contributed by atoms with E-state index in [1.807, 2.05) is 0 Å². The van der Waals surface area contributed by atoms with Crippen molar-refractivity contribution in [1.29, 1.82) is 0 Å². The van der Waals surface area contributed by atoms with Crippen molar-refractivity contribution < 1.29 is 23.9 Å². The summed E-state index contributed by atoms with van der Waals surface area (Å²) < 4.78 is 16.8. The highest BCUT2D eigenvalue weighted by Gasteiger charge is 2.23. The first kappa shape index (κ1) is 14.9. The molecule has 0 atom stereocenters. The number of benzene rings is 1. The van der Waals surface area contributed by atoms with Crippen LogP contribution < -0.4 is 9.47 Å². The summed E-state index contributed by atoms with van der Waals surface area (Å²) in [6.07, 6.45) is 3.43. The van der Waals surface area contributed by atoms with Gasteiger partial charge in [0.15, 0.2) is 11.5 Å². The van der Waals surface area contributed by atoms with Gasteiger partial charge in [-0.25, -0.2) is 4.79 Å². The Morgan fingerprint density at radius 1 is 1.36 bits per heavy atom. The van der Waals surface area contributed by atoms with Gasteiger partial charge in [0.2, 0.25) is 5.76 Å². The van der Waals surface area contributed by atoms with Crippen LogP contribution in [0.3, 0.4) is 0 Å². The fourth-order valence-corrected chi connectivity index (χ4v) is 2.68. The number of carboxylic acid groups (broad SMARTS) is 1. The van der Waals surface area contributed by atoms with Gasteiger partial charge >= 0.3 is 5.97 Å². The Kier molecular flexibility index (Phi) is 4.06. The van der Waals surface area contributed by atoms with Crippen molar-refractivity contribution in [1.82, 2.24) is 5.16 Å². The molecule has 6 nitrogen and oxygen atoms in total. The van der Waals surface area contributed by atoms with Crippen molar-refractivity contribution >= 4 is 21.9 Å². The molecule has 0 aliphatic heterocycles. The summed E-state index contributed by atoms with van der Waals surface area (Å²) in [5.41, 5.74) is 1.11. The summed E-state index contributed by atoms with van der Waals surface area (Å²) in [5.74, 6) is -0.136. The zero-order valence-corrected chi connectivity index (χ0v) is 13.4. The number of hydrogen-bond acceptors (Lipinski definition) is 5. The molecule has 0 amide bonds. The van der Waals surface area contributed by atoms with Gasteiger partial charge in [0.1, 0.15) is 5.69 Å². The molecule has 1 aliphatic rings. The molecule has 1 aromatic heterocycles. The summed E-state index contributed by atoms with van der Waals surface area (Å²) in [6.45, 7) is 0. The second-order valence-electron chi connectivity index (χ2n) is 5.04. The molecule has 0 unspecified atom stereocenters. The van der Waals surface area contributed by atoms with Crippen molar-refractivity contribution in [2.24, 2.45) is 0 Å². The predicted molar refractivity (Wildman–Crippen MR) is 81.4 cm³/mol. The van der Waals surface area contributed by atoms with Crippen LogP contribution in [0.5, 0.6) is 11.5 Å². The molecule has 7 heteroatoms. The van der Waals surface area contributed by atoms with Gasteiger partial charge in [-0.15, -0.1) is 0 Å². The zero-order valence-electron chi connectivity index (χ0n) is 11.8. The lowest BCUT2D eigenvalue weighted by atomic mass is 9.96. The molecule has 0 spiro atoms. The van der Waals surface area contributed by atoms with Crippen molar-refractivity contribution in [2.75, 3.05) is 7.11 Å². The van der Waals surface area contributed by atoms with Gasteiger partial charge in [-0.1, -0.05) is 5.16 Å². The Hall–Kier alpha value is -2.02. The SMILES string of the molecule is COc1cc(Br)c(-c2cc(C(=O)O)on2)cc1OC1CCC1. The van der Waals surface area contributed by atoms with Crippen molar-refractivity contribution in [3.05, 3.63) is 28.4 Å². The zero-order chi connectivity index (χ0) is 15.7. The lowest BCUT2D eigenvalue weighted by Crippen LogP contribution is -2.24. The number of aromatic nitrogens is 1. The maximum Gasteiger partial charge on any atom is 0.374 e. The van der Waals surface area contributed by atoms with Gasteiger partial charge in [-0.05, 0) is 47.3 Å². The Balaban J connectivity index is 1.98.